The maximum Gasteiger partial charge on any atom is 0.244 e. The van der Waals surface area contributed by atoms with Crippen LogP contribution in [0, 0.1) is 13.8 Å². The van der Waals surface area contributed by atoms with Crippen LogP contribution in [0.3, 0.4) is 0 Å². The molecule has 0 spiro atoms. The van der Waals surface area contributed by atoms with Crippen molar-refractivity contribution in [2.24, 2.45) is 0 Å². The third kappa shape index (κ3) is 2.91. The first-order valence-electron chi connectivity index (χ1n) is 9.61. The van der Waals surface area contributed by atoms with Crippen molar-refractivity contribution < 1.29 is 4.79 Å². The van der Waals surface area contributed by atoms with E-state index in [-0.39, 0.29) is 12.5 Å². The molecule has 2 heterocycles. The lowest BCUT2D eigenvalue weighted by atomic mass is 10.1. The number of aromatic nitrogens is 3. The Labute approximate surface area is 168 Å². The van der Waals surface area contributed by atoms with Crippen LogP contribution in [0.15, 0.2) is 66.7 Å². The second-order valence-electron chi connectivity index (χ2n) is 7.30. The molecule has 0 radical (unpaired) electrons. The topological polar surface area (TPSA) is 59.8 Å². The summed E-state index contributed by atoms with van der Waals surface area (Å²) in [6.07, 6.45) is 0. The highest BCUT2D eigenvalue weighted by Gasteiger charge is 2.17. The Morgan fingerprint density at radius 1 is 0.862 bits per heavy atom. The van der Waals surface area contributed by atoms with E-state index in [0.717, 1.165) is 49.9 Å². The van der Waals surface area contributed by atoms with Crippen LogP contribution < -0.4 is 5.32 Å². The highest BCUT2D eigenvalue weighted by Crippen LogP contribution is 2.28. The number of fused-ring (bicyclic) bond motifs is 4. The van der Waals surface area contributed by atoms with Crippen LogP contribution in [-0.4, -0.2) is 20.4 Å². The molecule has 0 unspecified atom stereocenters. The van der Waals surface area contributed by atoms with Gasteiger partial charge in [0.25, 0.3) is 0 Å². The number of hydrogen-bond donors (Lipinski definition) is 1. The largest absolute Gasteiger partial charge is 0.324 e. The summed E-state index contributed by atoms with van der Waals surface area (Å²) < 4.78 is 1.95. The van der Waals surface area contributed by atoms with Gasteiger partial charge in [0.1, 0.15) is 12.1 Å². The van der Waals surface area contributed by atoms with Gasteiger partial charge in [-0.15, -0.1) is 0 Å². The zero-order chi connectivity index (χ0) is 20.0. The SMILES string of the molecule is Cc1cccc(C)c1NC(=O)Cn1c2ccccc2c2nc3ccccc3nc21. The van der Waals surface area contributed by atoms with Crippen LogP contribution in [0.5, 0.6) is 0 Å². The fourth-order valence-electron chi connectivity index (χ4n) is 3.88. The van der Waals surface area contributed by atoms with Gasteiger partial charge in [-0.1, -0.05) is 48.5 Å². The third-order valence-electron chi connectivity index (χ3n) is 5.31. The molecule has 5 rings (SSSR count). The van der Waals surface area contributed by atoms with E-state index in [2.05, 4.69) is 5.32 Å². The lowest BCUT2D eigenvalue weighted by Crippen LogP contribution is -2.20. The number of anilines is 1. The average Bonchev–Trinajstić information content (AvgIpc) is 3.02. The number of amides is 1. The average molecular weight is 380 g/mol. The summed E-state index contributed by atoms with van der Waals surface area (Å²) in [4.78, 5) is 22.6. The van der Waals surface area contributed by atoms with Crippen molar-refractivity contribution in [3.05, 3.63) is 77.9 Å². The van der Waals surface area contributed by atoms with E-state index in [1.165, 1.54) is 0 Å². The van der Waals surface area contributed by atoms with E-state index >= 15 is 0 Å². The van der Waals surface area contributed by atoms with Crippen LogP contribution in [-0.2, 0) is 11.3 Å². The smallest absolute Gasteiger partial charge is 0.244 e. The molecule has 5 heteroatoms. The first-order valence-corrected chi connectivity index (χ1v) is 9.61. The number of benzene rings is 3. The predicted octanol–water partition coefficient (Wildman–Crippen LogP) is 4.99. The summed E-state index contributed by atoms with van der Waals surface area (Å²) in [5.74, 6) is -0.0833. The van der Waals surface area contributed by atoms with Crippen molar-refractivity contribution in [1.29, 1.82) is 0 Å². The standard InChI is InChI=1S/C24H20N4O/c1-15-8-7-9-16(2)22(15)27-21(29)14-28-20-13-6-3-10-17(20)23-24(28)26-19-12-5-4-11-18(19)25-23/h3-13H,14H2,1-2H3,(H,27,29). The molecule has 142 valence electrons. The van der Waals surface area contributed by atoms with Gasteiger partial charge in [-0.05, 0) is 43.2 Å². The van der Waals surface area contributed by atoms with Crippen molar-refractivity contribution >= 4 is 44.7 Å². The van der Waals surface area contributed by atoms with Crippen LogP contribution in [0.1, 0.15) is 11.1 Å². The lowest BCUT2D eigenvalue weighted by Gasteiger charge is -2.12. The van der Waals surface area contributed by atoms with Gasteiger partial charge in [-0.2, -0.15) is 0 Å². The van der Waals surface area contributed by atoms with Crippen molar-refractivity contribution in [2.45, 2.75) is 20.4 Å². The van der Waals surface area contributed by atoms with Gasteiger partial charge in [-0.3, -0.25) is 4.79 Å². The zero-order valence-corrected chi connectivity index (χ0v) is 16.3. The number of carbonyl (C=O) groups is 1. The number of aryl methyl sites for hydroxylation is 2. The fraction of sp³-hybridized carbons (Fsp3) is 0.125. The second kappa shape index (κ2) is 6.71. The van der Waals surface area contributed by atoms with Gasteiger partial charge in [0.2, 0.25) is 5.91 Å². The third-order valence-corrected chi connectivity index (χ3v) is 5.31. The molecule has 5 nitrogen and oxygen atoms in total. The van der Waals surface area contributed by atoms with E-state index < -0.39 is 0 Å². The summed E-state index contributed by atoms with van der Waals surface area (Å²) in [7, 11) is 0. The Balaban J connectivity index is 1.63. The number of nitrogens with one attached hydrogen (secondary N) is 1. The molecule has 0 aliphatic heterocycles. The minimum absolute atomic E-state index is 0.0833. The molecule has 3 aromatic carbocycles. The second-order valence-corrected chi connectivity index (χ2v) is 7.30. The zero-order valence-electron chi connectivity index (χ0n) is 16.3. The van der Waals surface area contributed by atoms with Gasteiger partial charge < -0.3 is 9.88 Å². The van der Waals surface area contributed by atoms with E-state index in [4.69, 9.17) is 9.97 Å². The van der Waals surface area contributed by atoms with Crippen LogP contribution in [0.2, 0.25) is 0 Å². The number of carbonyl (C=O) groups excluding carboxylic acids is 1. The molecule has 0 saturated heterocycles. The Morgan fingerprint density at radius 2 is 1.52 bits per heavy atom. The van der Waals surface area contributed by atoms with Gasteiger partial charge in [0.15, 0.2) is 5.65 Å². The molecule has 2 aromatic heterocycles. The van der Waals surface area contributed by atoms with Crippen molar-refractivity contribution in [2.75, 3.05) is 5.32 Å². The first-order chi connectivity index (χ1) is 14.1. The Morgan fingerprint density at radius 3 is 2.28 bits per heavy atom. The van der Waals surface area contributed by atoms with Crippen LogP contribution in [0.4, 0.5) is 5.69 Å². The summed E-state index contributed by atoms with van der Waals surface area (Å²) in [5.41, 5.74) is 7.13. The van der Waals surface area contributed by atoms with Gasteiger partial charge in [0.05, 0.1) is 16.6 Å². The molecule has 0 bridgehead atoms. The van der Waals surface area contributed by atoms with Gasteiger partial charge >= 0.3 is 0 Å². The van der Waals surface area contributed by atoms with Crippen LogP contribution >= 0.6 is 0 Å². The predicted molar refractivity (Wildman–Crippen MR) is 117 cm³/mol. The molecule has 0 fully saturated rings. The highest BCUT2D eigenvalue weighted by atomic mass is 16.1. The summed E-state index contributed by atoms with van der Waals surface area (Å²) in [5, 5.41) is 4.08. The van der Waals surface area contributed by atoms with Crippen molar-refractivity contribution in [1.82, 2.24) is 14.5 Å². The molecule has 0 atom stereocenters. The minimum Gasteiger partial charge on any atom is -0.324 e. The van der Waals surface area contributed by atoms with E-state index in [1.807, 2.05) is 85.1 Å². The van der Waals surface area contributed by atoms with E-state index in [1.54, 1.807) is 0 Å². The molecule has 0 aliphatic rings. The summed E-state index contributed by atoms with van der Waals surface area (Å²) >= 11 is 0. The van der Waals surface area contributed by atoms with Crippen LogP contribution in [0.25, 0.3) is 33.1 Å². The molecule has 1 N–H and O–H groups in total. The number of para-hydroxylation sites is 4. The maximum absolute atomic E-state index is 13.0. The number of rotatable bonds is 3. The Hall–Kier alpha value is -3.73. The molecule has 0 saturated carbocycles. The number of hydrogen-bond acceptors (Lipinski definition) is 3. The Kier molecular flexibility index (Phi) is 4.02. The first kappa shape index (κ1) is 17.4. The lowest BCUT2D eigenvalue weighted by molar-refractivity contribution is -0.116. The molecular weight excluding hydrogens is 360 g/mol. The molecule has 0 aliphatic carbocycles. The highest BCUT2D eigenvalue weighted by molar-refractivity contribution is 6.07. The Bertz CT molecular complexity index is 1380. The monoisotopic (exact) mass is 380 g/mol. The molecule has 1 amide bonds. The van der Waals surface area contributed by atoms with E-state index in [0.29, 0.717) is 0 Å². The molecular formula is C24H20N4O. The maximum atomic E-state index is 13.0. The summed E-state index contributed by atoms with van der Waals surface area (Å²) in [6, 6.07) is 21.8. The quantitative estimate of drug-likeness (QED) is 0.479. The van der Waals surface area contributed by atoms with Gasteiger partial charge in [0, 0.05) is 11.1 Å². The molecule has 29 heavy (non-hydrogen) atoms. The minimum atomic E-state index is -0.0833. The van der Waals surface area contributed by atoms with E-state index in [9.17, 15) is 4.79 Å². The number of nitrogens with zero attached hydrogens (tertiary/aromatic N) is 3. The van der Waals surface area contributed by atoms with Gasteiger partial charge in [-0.25, -0.2) is 9.97 Å². The molecule has 5 aromatic rings. The normalized spacial score (nSPS) is 11.4. The fourth-order valence-corrected chi connectivity index (χ4v) is 3.88. The summed E-state index contributed by atoms with van der Waals surface area (Å²) in [6.45, 7) is 4.17. The van der Waals surface area contributed by atoms with Crippen molar-refractivity contribution in [3.63, 3.8) is 0 Å². The van der Waals surface area contributed by atoms with Crippen molar-refractivity contribution in [3.8, 4) is 0 Å².